The molecule has 84 valence electrons. The molecule has 2 rings (SSSR count). The summed E-state index contributed by atoms with van der Waals surface area (Å²) >= 11 is 0. The van der Waals surface area contributed by atoms with E-state index in [1.54, 1.807) is 0 Å². The van der Waals surface area contributed by atoms with Crippen molar-refractivity contribution in [3.05, 3.63) is 36.2 Å². The number of nitrogen functional groups attached to an aromatic ring is 1. The van der Waals surface area contributed by atoms with Crippen LogP contribution in [0.3, 0.4) is 0 Å². The van der Waals surface area contributed by atoms with Crippen LogP contribution in [0.1, 0.15) is 5.56 Å². The zero-order valence-corrected chi connectivity index (χ0v) is 7.94. The Labute approximate surface area is 88.5 Å². The van der Waals surface area contributed by atoms with Gasteiger partial charge in [-0.05, 0) is 18.2 Å². The Kier molecular flexibility index (Phi) is 2.30. The van der Waals surface area contributed by atoms with Crippen LogP contribution < -0.4 is 5.73 Å². The van der Waals surface area contributed by atoms with Gasteiger partial charge in [-0.1, -0.05) is 5.21 Å². The van der Waals surface area contributed by atoms with E-state index in [2.05, 4.69) is 10.3 Å². The predicted octanol–water partition coefficient (Wildman–Crippen LogP) is 1.87. The van der Waals surface area contributed by atoms with Gasteiger partial charge < -0.3 is 5.73 Å². The molecule has 4 nitrogen and oxygen atoms in total. The Morgan fingerprint density at radius 2 is 2.00 bits per heavy atom. The highest BCUT2D eigenvalue weighted by atomic mass is 19.4. The van der Waals surface area contributed by atoms with Gasteiger partial charge >= 0.3 is 6.18 Å². The third-order valence-corrected chi connectivity index (χ3v) is 2.00. The van der Waals surface area contributed by atoms with Crippen molar-refractivity contribution in [3.63, 3.8) is 0 Å². The van der Waals surface area contributed by atoms with Crippen LogP contribution in [0.25, 0.3) is 5.69 Å². The lowest BCUT2D eigenvalue weighted by Crippen LogP contribution is -2.12. The summed E-state index contributed by atoms with van der Waals surface area (Å²) in [5.74, 6) is 0. The molecule has 0 spiro atoms. The van der Waals surface area contributed by atoms with E-state index in [-0.39, 0.29) is 11.4 Å². The molecule has 0 bridgehead atoms. The molecule has 0 unspecified atom stereocenters. The fraction of sp³-hybridized carbons (Fsp3) is 0.111. The summed E-state index contributed by atoms with van der Waals surface area (Å²) in [5, 5.41) is 6.97. The van der Waals surface area contributed by atoms with Crippen molar-refractivity contribution in [2.45, 2.75) is 6.18 Å². The van der Waals surface area contributed by atoms with Gasteiger partial charge in [0.25, 0.3) is 0 Å². The van der Waals surface area contributed by atoms with Crippen LogP contribution in [0.5, 0.6) is 0 Å². The number of aromatic nitrogens is 3. The van der Waals surface area contributed by atoms with Crippen LogP contribution in [-0.4, -0.2) is 15.0 Å². The number of anilines is 1. The number of benzene rings is 1. The minimum atomic E-state index is -4.48. The Morgan fingerprint density at radius 1 is 1.25 bits per heavy atom. The first-order chi connectivity index (χ1) is 7.48. The van der Waals surface area contributed by atoms with E-state index in [0.717, 1.165) is 10.7 Å². The minimum absolute atomic E-state index is 0.0520. The predicted molar refractivity (Wildman–Crippen MR) is 50.8 cm³/mol. The first-order valence-electron chi connectivity index (χ1n) is 4.32. The van der Waals surface area contributed by atoms with E-state index in [1.807, 2.05) is 0 Å². The molecule has 2 N–H and O–H groups in total. The molecule has 1 aromatic heterocycles. The van der Waals surface area contributed by atoms with Crippen LogP contribution >= 0.6 is 0 Å². The maximum absolute atomic E-state index is 12.7. The zero-order valence-electron chi connectivity index (χ0n) is 7.94. The van der Waals surface area contributed by atoms with E-state index < -0.39 is 11.7 Å². The minimum Gasteiger partial charge on any atom is -0.399 e. The Bertz CT molecular complexity index is 490. The highest BCUT2D eigenvalue weighted by Gasteiger charge is 2.34. The number of nitrogens with zero attached hydrogens (tertiary/aromatic N) is 3. The van der Waals surface area contributed by atoms with Crippen molar-refractivity contribution < 1.29 is 13.2 Å². The van der Waals surface area contributed by atoms with Gasteiger partial charge in [0.15, 0.2) is 0 Å². The largest absolute Gasteiger partial charge is 0.418 e. The normalized spacial score (nSPS) is 11.7. The van der Waals surface area contributed by atoms with Gasteiger partial charge in [0.05, 0.1) is 23.6 Å². The highest BCUT2D eigenvalue weighted by molar-refractivity contribution is 5.52. The molecule has 0 aliphatic carbocycles. The quantitative estimate of drug-likeness (QED) is 0.758. The van der Waals surface area contributed by atoms with Crippen molar-refractivity contribution in [2.75, 3.05) is 5.73 Å². The number of halogens is 3. The number of hydrogen-bond donors (Lipinski definition) is 1. The van der Waals surface area contributed by atoms with Crippen LogP contribution in [0.4, 0.5) is 18.9 Å². The third-order valence-electron chi connectivity index (χ3n) is 2.00. The molecule has 16 heavy (non-hydrogen) atoms. The maximum atomic E-state index is 12.7. The molecule has 1 heterocycles. The average Bonchev–Trinajstić information content (AvgIpc) is 2.69. The lowest BCUT2D eigenvalue weighted by Gasteiger charge is -2.12. The average molecular weight is 228 g/mol. The Balaban J connectivity index is 2.62. The molecule has 7 heteroatoms. The lowest BCUT2D eigenvalue weighted by atomic mass is 10.1. The summed E-state index contributed by atoms with van der Waals surface area (Å²) in [6.45, 7) is 0. The molecule has 0 radical (unpaired) electrons. The molecule has 0 saturated carbocycles. The second-order valence-corrected chi connectivity index (χ2v) is 3.12. The van der Waals surface area contributed by atoms with Gasteiger partial charge in [0.1, 0.15) is 0 Å². The van der Waals surface area contributed by atoms with E-state index in [9.17, 15) is 13.2 Å². The molecular weight excluding hydrogens is 221 g/mol. The number of alkyl halides is 3. The monoisotopic (exact) mass is 228 g/mol. The summed E-state index contributed by atoms with van der Waals surface area (Å²) in [6, 6.07) is 3.51. The van der Waals surface area contributed by atoms with Crippen LogP contribution in [-0.2, 0) is 6.18 Å². The maximum Gasteiger partial charge on any atom is 0.418 e. The van der Waals surface area contributed by atoms with E-state index in [4.69, 9.17) is 5.73 Å². The Morgan fingerprint density at radius 3 is 2.56 bits per heavy atom. The van der Waals surface area contributed by atoms with E-state index >= 15 is 0 Å². The lowest BCUT2D eigenvalue weighted by molar-refractivity contribution is -0.137. The topological polar surface area (TPSA) is 56.7 Å². The zero-order chi connectivity index (χ0) is 11.8. The fourth-order valence-corrected chi connectivity index (χ4v) is 1.32. The second-order valence-electron chi connectivity index (χ2n) is 3.12. The van der Waals surface area contributed by atoms with Gasteiger partial charge in [-0.15, -0.1) is 5.10 Å². The van der Waals surface area contributed by atoms with Crippen LogP contribution in [0, 0.1) is 0 Å². The summed E-state index contributed by atoms with van der Waals surface area (Å²) in [7, 11) is 0. The van der Waals surface area contributed by atoms with Crippen molar-refractivity contribution in [1.29, 1.82) is 0 Å². The molecule has 0 fully saturated rings. The van der Waals surface area contributed by atoms with Crippen molar-refractivity contribution in [1.82, 2.24) is 15.0 Å². The van der Waals surface area contributed by atoms with Gasteiger partial charge in [-0.3, -0.25) is 0 Å². The summed E-state index contributed by atoms with van der Waals surface area (Å²) in [6.07, 6.45) is -1.84. The van der Waals surface area contributed by atoms with Crippen molar-refractivity contribution in [3.8, 4) is 5.69 Å². The molecule has 0 aliphatic heterocycles. The number of rotatable bonds is 1. The summed E-state index contributed by atoms with van der Waals surface area (Å²) in [4.78, 5) is 0. The third kappa shape index (κ3) is 1.83. The van der Waals surface area contributed by atoms with Crippen LogP contribution in [0.15, 0.2) is 30.6 Å². The van der Waals surface area contributed by atoms with Crippen LogP contribution in [0.2, 0.25) is 0 Å². The summed E-state index contributed by atoms with van der Waals surface area (Å²) in [5.41, 5.74) is 4.45. The summed E-state index contributed by atoms with van der Waals surface area (Å²) < 4.78 is 39.2. The molecular formula is C9H7F3N4. The molecule has 0 atom stereocenters. The van der Waals surface area contributed by atoms with Gasteiger partial charge in [-0.25, -0.2) is 4.68 Å². The second kappa shape index (κ2) is 3.51. The molecule has 2 aromatic rings. The molecule has 0 saturated heterocycles. The van der Waals surface area contributed by atoms with Gasteiger partial charge in [-0.2, -0.15) is 13.2 Å². The first-order valence-corrected chi connectivity index (χ1v) is 4.32. The Hall–Kier alpha value is -2.05. The van der Waals surface area contributed by atoms with Gasteiger partial charge in [0.2, 0.25) is 0 Å². The number of nitrogens with two attached hydrogens (primary N) is 1. The molecule has 1 aromatic carbocycles. The highest BCUT2D eigenvalue weighted by Crippen LogP contribution is 2.34. The van der Waals surface area contributed by atoms with Crippen molar-refractivity contribution in [2.24, 2.45) is 0 Å². The molecule has 0 amide bonds. The van der Waals surface area contributed by atoms with Crippen molar-refractivity contribution >= 4 is 5.69 Å². The molecule has 0 aliphatic rings. The standard InChI is InChI=1S/C9H7F3N4/c10-9(11,12)7-5-6(13)1-2-8(7)16-4-3-14-15-16/h1-5H,13H2. The van der Waals surface area contributed by atoms with E-state index in [1.165, 1.54) is 24.5 Å². The first kappa shape index (κ1) is 10.5. The smallest absolute Gasteiger partial charge is 0.399 e. The van der Waals surface area contributed by atoms with Gasteiger partial charge in [0, 0.05) is 5.69 Å². The fourth-order valence-electron chi connectivity index (χ4n) is 1.32. The van der Waals surface area contributed by atoms with E-state index in [0.29, 0.717) is 0 Å². The SMILES string of the molecule is Nc1ccc(-n2ccnn2)c(C(F)(F)F)c1. The number of hydrogen-bond acceptors (Lipinski definition) is 3.